The molecule has 3 aliphatic rings. The first-order valence-corrected chi connectivity index (χ1v) is 13.3. The van der Waals surface area contributed by atoms with Crippen LogP contribution in [0.4, 0.5) is 4.39 Å². The van der Waals surface area contributed by atoms with Gasteiger partial charge in [-0.2, -0.15) is 0 Å². The number of rotatable bonds is 4. The predicted octanol–water partition coefficient (Wildman–Crippen LogP) is 4.09. The first-order valence-electron chi connectivity index (χ1n) is 13.3. The number of hydrogen-bond acceptors (Lipinski definition) is 4. The van der Waals surface area contributed by atoms with Gasteiger partial charge in [-0.05, 0) is 47.9 Å². The summed E-state index contributed by atoms with van der Waals surface area (Å²) < 4.78 is 14.0. The highest BCUT2D eigenvalue weighted by Gasteiger charge is 2.40. The fraction of sp³-hybridized carbons (Fsp3) is 0.258. The van der Waals surface area contributed by atoms with E-state index in [-0.39, 0.29) is 42.7 Å². The number of amides is 3. The zero-order valence-corrected chi connectivity index (χ0v) is 21.3. The van der Waals surface area contributed by atoms with Crippen LogP contribution in [0.1, 0.15) is 49.1 Å². The van der Waals surface area contributed by atoms with Crippen molar-refractivity contribution in [2.45, 2.75) is 25.4 Å². The smallest absolute Gasteiger partial charge is 0.261 e. The van der Waals surface area contributed by atoms with Gasteiger partial charge in [-0.25, -0.2) is 4.39 Å². The molecule has 1 atom stereocenters. The first kappa shape index (κ1) is 23.8. The number of carbonyl (C=O) groups excluding carboxylic acids is 3. The second kappa shape index (κ2) is 9.17. The van der Waals surface area contributed by atoms with Crippen molar-refractivity contribution in [1.82, 2.24) is 19.7 Å². The fourth-order valence-corrected chi connectivity index (χ4v) is 6.36. The van der Waals surface area contributed by atoms with Crippen LogP contribution in [0.25, 0.3) is 10.9 Å². The third-order valence-corrected chi connectivity index (χ3v) is 8.39. The molecular formula is C31H27FN4O3. The van der Waals surface area contributed by atoms with Gasteiger partial charge in [-0.1, -0.05) is 36.4 Å². The van der Waals surface area contributed by atoms with E-state index < -0.39 is 0 Å². The van der Waals surface area contributed by atoms with Crippen molar-refractivity contribution in [3.05, 3.63) is 106 Å². The van der Waals surface area contributed by atoms with Crippen LogP contribution in [0.3, 0.4) is 0 Å². The quantitative estimate of drug-likeness (QED) is 0.410. The zero-order valence-electron chi connectivity index (χ0n) is 21.3. The van der Waals surface area contributed by atoms with E-state index in [9.17, 15) is 18.8 Å². The lowest BCUT2D eigenvalue weighted by atomic mass is 9.92. The monoisotopic (exact) mass is 522 g/mol. The van der Waals surface area contributed by atoms with Crippen molar-refractivity contribution in [2.75, 3.05) is 26.2 Å². The van der Waals surface area contributed by atoms with Gasteiger partial charge in [0.05, 0.1) is 23.7 Å². The number of benzene rings is 3. The molecule has 0 radical (unpaired) electrons. The number of aromatic nitrogens is 1. The van der Waals surface area contributed by atoms with E-state index in [1.54, 1.807) is 30.3 Å². The van der Waals surface area contributed by atoms with Crippen LogP contribution in [-0.4, -0.2) is 63.6 Å². The van der Waals surface area contributed by atoms with Gasteiger partial charge in [0.1, 0.15) is 5.82 Å². The molecule has 0 bridgehead atoms. The van der Waals surface area contributed by atoms with Crippen LogP contribution < -0.4 is 0 Å². The lowest BCUT2D eigenvalue weighted by molar-refractivity contribution is -0.134. The van der Waals surface area contributed by atoms with E-state index in [1.165, 1.54) is 22.6 Å². The largest absolute Gasteiger partial charge is 0.358 e. The molecule has 0 saturated heterocycles. The van der Waals surface area contributed by atoms with Gasteiger partial charge < -0.3 is 9.88 Å². The van der Waals surface area contributed by atoms with E-state index in [1.807, 2.05) is 23.1 Å². The second-order valence-electron chi connectivity index (χ2n) is 10.5. The first-order chi connectivity index (χ1) is 19.0. The summed E-state index contributed by atoms with van der Waals surface area (Å²) in [5.74, 6) is -0.894. The molecule has 0 fully saturated rings. The molecule has 1 aromatic heterocycles. The predicted molar refractivity (Wildman–Crippen MR) is 144 cm³/mol. The molecule has 0 aliphatic carbocycles. The van der Waals surface area contributed by atoms with Crippen molar-refractivity contribution in [2.24, 2.45) is 0 Å². The lowest BCUT2D eigenvalue weighted by Gasteiger charge is -2.39. The summed E-state index contributed by atoms with van der Waals surface area (Å²) >= 11 is 0. The normalized spacial score (nSPS) is 18.8. The van der Waals surface area contributed by atoms with Crippen LogP contribution in [0.2, 0.25) is 0 Å². The van der Waals surface area contributed by atoms with E-state index >= 15 is 0 Å². The van der Waals surface area contributed by atoms with Crippen LogP contribution in [0, 0.1) is 5.82 Å². The highest BCUT2D eigenvalue weighted by molar-refractivity contribution is 6.21. The van der Waals surface area contributed by atoms with E-state index in [0.29, 0.717) is 37.2 Å². The molecule has 4 heterocycles. The van der Waals surface area contributed by atoms with Crippen molar-refractivity contribution in [3.8, 4) is 0 Å². The summed E-state index contributed by atoms with van der Waals surface area (Å²) in [5, 5.41) is 0.818. The second-order valence-corrected chi connectivity index (χ2v) is 10.5. The molecule has 196 valence electrons. The maximum atomic E-state index is 14.0. The summed E-state index contributed by atoms with van der Waals surface area (Å²) in [6.07, 6.45) is 1.46. The SMILES string of the molecule is O=C(CN1CCc2ccccc2[C@@H]1CN1C(=O)c2ccccc2C1=O)N1CCc2[nH]c3ccc(F)cc3c2C1. The number of hydrogen-bond donors (Lipinski definition) is 1. The molecule has 0 saturated carbocycles. The number of nitrogens with one attached hydrogen (secondary N) is 1. The minimum atomic E-state index is -0.296. The Labute approximate surface area is 224 Å². The maximum Gasteiger partial charge on any atom is 0.261 e. The molecule has 1 N–H and O–H groups in total. The molecule has 3 aromatic carbocycles. The third-order valence-electron chi connectivity index (χ3n) is 8.39. The van der Waals surface area contributed by atoms with Crippen LogP contribution in [0.5, 0.6) is 0 Å². The van der Waals surface area contributed by atoms with Gasteiger partial charge in [0.25, 0.3) is 11.8 Å². The van der Waals surface area contributed by atoms with Gasteiger partial charge in [0.2, 0.25) is 5.91 Å². The third kappa shape index (κ3) is 3.94. The molecule has 39 heavy (non-hydrogen) atoms. The topological polar surface area (TPSA) is 76.7 Å². The summed E-state index contributed by atoms with van der Waals surface area (Å²) in [5.41, 5.74) is 5.96. The molecule has 7 rings (SSSR count). The average molecular weight is 523 g/mol. The molecule has 3 aliphatic heterocycles. The molecule has 4 aromatic rings. The Morgan fingerprint density at radius 2 is 1.67 bits per heavy atom. The number of carbonyl (C=O) groups is 3. The number of nitrogens with zero attached hydrogens (tertiary/aromatic N) is 3. The number of imide groups is 1. The van der Waals surface area contributed by atoms with E-state index in [4.69, 9.17) is 0 Å². The number of fused-ring (bicyclic) bond motifs is 5. The molecule has 3 amide bonds. The highest BCUT2D eigenvalue weighted by atomic mass is 19.1. The van der Waals surface area contributed by atoms with Crippen molar-refractivity contribution >= 4 is 28.6 Å². The Balaban J connectivity index is 1.14. The van der Waals surface area contributed by atoms with Gasteiger partial charge in [-0.3, -0.25) is 24.2 Å². The average Bonchev–Trinajstić information content (AvgIpc) is 3.43. The van der Waals surface area contributed by atoms with Crippen LogP contribution in [0.15, 0.2) is 66.7 Å². The van der Waals surface area contributed by atoms with Crippen LogP contribution >= 0.6 is 0 Å². The summed E-state index contributed by atoms with van der Waals surface area (Å²) in [7, 11) is 0. The van der Waals surface area contributed by atoms with Gasteiger partial charge >= 0.3 is 0 Å². The van der Waals surface area contributed by atoms with E-state index in [2.05, 4.69) is 16.0 Å². The highest BCUT2D eigenvalue weighted by Crippen LogP contribution is 2.34. The van der Waals surface area contributed by atoms with Crippen molar-refractivity contribution in [3.63, 3.8) is 0 Å². The Hall–Kier alpha value is -4.30. The van der Waals surface area contributed by atoms with Gasteiger partial charge in [0, 0.05) is 54.8 Å². The van der Waals surface area contributed by atoms with Crippen molar-refractivity contribution in [1.29, 1.82) is 0 Å². The van der Waals surface area contributed by atoms with Gasteiger partial charge in [-0.15, -0.1) is 0 Å². The van der Waals surface area contributed by atoms with Gasteiger partial charge in [0.15, 0.2) is 0 Å². The Bertz CT molecular complexity index is 1630. The van der Waals surface area contributed by atoms with Crippen molar-refractivity contribution < 1.29 is 18.8 Å². The zero-order chi connectivity index (χ0) is 26.7. The summed E-state index contributed by atoms with van der Waals surface area (Å²) in [6.45, 7) is 2.00. The fourth-order valence-electron chi connectivity index (χ4n) is 6.36. The Kier molecular flexibility index (Phi) is 5.59. The van der Waals surface area contributed by atoms with Crippen LogP contribution in [-0.2, 0) is 24.2 Å². The Morgan fingerprint density at radius 3 is 2.46 bits per heavy atom. The Morgan fingerprint density at radius 1 is 0.923 bits per heavy atom. The summed E-state index contributed by atoms with van der Waals surface area (Å²) in [6, 6.07) is 19.4. The number of halogens is 1. The number of aromatic amines is 1. The lowest BCUT2D eigenvalue weighted by Crippen LogP contribution is -2.49. The summed E-state index contributed by atoms with van der Waals surface area (Å²) in [4.78, 5) is 48.6. The molecule has 0 unspecified atom stereocenters. The molecule has 8 heteroatoms. The number of H-pyrrole nitrogens is 1. The minimum absolute atomic E-state index is 0.0156. The molecular weight excluding hydrogens is 495 g/mol. The molecule has 0 spiro atoms. The minimum Gasteiger partial charge on any atom is -0.358 e. The molecule has 7 nitrogen and oxygen atoms in total. The maximum absolute atomic E-state index is 14.0. The standard InChI is InChI=1S/C31H27FN4O3/c32-20-9-10-26-24(15-20)25-16-35(14-12-27(25)33-26)29(37)18-34-13-11-19-5-1-2-6-21(19)28(34)17-36-30(38)22-7-3-4-8-23(22)31(36)39/h1-10,15,28,33H,11-14,16-18H2/t28-/m0/s1. The van der Waals surface area contributed by atoms with E-state index in [0.717, 1.165) is 34.1 Å².